The van der Waals surface area contributed by atoms with Crippen molar-refractivity contribution in [2.24, 2.45) is 5.92 Å². The van der Waals surface area contributed by atoms with Crippen molar-refractivity contribution in [1.29, 1.82) is 0 Å². The molecule has 0 radical (unpaired) electrons. The Morgan fingerprint density at radius 3 is 1.68 bits per heavy atom. The first kappa shape index (κ1) is 32.5. The summed E-state index contributed by atoms with van der Waals surface area (Å²) < 4.78 is 0. The summed E-state index contributed by atoms with van der Waals surface area (Å²) in [7, 11) is 0. The molecule has 0 heterocycles. The Morgan fingerprint density at radius 1 is 0.700 bits per heavy atom. The smallest absolute Gasteiger partial charge is 0.123 e. The molecule has 3 rings (SSSR count). The molecular formula is C36H56O4. The highest BCUT2D eigenvalue weighted by molar-refractivity contribution is 5.57. The van der Waals surface area contributed by atoms with Gasteiger partial charge in [-0.1, -0.05) is 97.9 Å². The topological polar surface area (TPSA) is 80.9 Å². The predicted octanol–water partition coefficient (Wildman–Crippen LogP) is 8.43. The maximum Gasteiger partial charge on any atom is 0.123 e. The molecule has 224 valence electrons. The standard InChI is InChI=1S/C36H56O4/c1-7-8-9-10-11-18-36(5,6)31-24-26(15-13-20-38)22-29(34(31)40)32(27-16-17-27)28-21-25(14-12-19-37)23-30(33(28)39)35(2,3)4/h21-24,27,32,37-40H,7-20H2,1-6H3. The van der Waals surface area contributed by atoms with Crippen LogP contribution in [0.15, 0.2) is 24.3 Å². The largest absolute Gasteiger partial charge is 0.507 e. The quantitative estimate of drug-likeness (QED) is 0.158. The van der Waals surface area contributed by atoms with Crippen LogP contribution in [-0.2, 0) is 23.7 Å². The van der Waals surface area contributed by atoms with Crippen molar-refractivity contribution < 1.29 is 20.4 Å². The van der Waals surface area contributed by atoms with Gasteiger partial charge >= 0.3 is 0 Å². The van der Waals surface area contributed by atoms with Gasteiger partial charge in [0, 0.05) is 35.8 Å². The van der Waals surface area contributed by atoms with Crippen molar-refractivity contribution in [1.82, 2.24) is 0 Å². The molecule has 1 atom stereocenters. The summed E-state index contributed by atoms with van der Waals surface area (Å²) in [6.07, 6.45) is 12.1. The second-order valence-electron chi connectivity index (χ2n) is 13.9. The van der Waals surface area contributed by atoms with E-state index in [-0.39, 0.29) is 30.0 Å². The molecule has 0 bridgehead atoms. The minimum absolute atomic E-state index is 0.0941. The van der Waals surface area contributed by atoms with Crippen molar-refractivity contribution in [3.8, 4) is 11.5 Å². The highest BCUT2D eigenvalue weighted by Crippen LogP contribution is 2.54. The number of aliphatic hydroxyl groups is 2. The molecule has 1 saturated carbocycles. The molecule has 1 aliphatic carbocycles. The summed E-state index contributed by atoms with van der Waals surface area (Å²) in [6.45, 7) is 13.4. The van der Waals surface area contributed by atoms with Crippen LogP contribution in [0.25, 0.3) is 0 Å². The lowest BCUT2D eigenvalue weighted by Gasteiger charge is -2.31. The number of benzene rings is 2. The number of aryl methyl sites for hydroxylation is 2. The van der Waals surface area contributed by atoms with Crippen LogP contribution in [0.4, 0.5) is 0 Å². The van der Waals surface area contributed by atoms with Gasteiger partial charge in [0.2, 0.25) is 0 Å². The van der Waals surface area contributed by atoms with Gasteiger partial charge in [0.25, 0.3) is 0 Å². The van der Waals surface area contributed by atoms with E-state index in [1.807, 2.05) is 0 Å². The van der Waals surface area contributed by atoms with E-state index in [1.165, 1.54) is 25.7 Å². The Kier molecular flexibility index (Phi) is 11.6. The van der Waals surface area contributed by atoms with Crippen molar-refractivity contribution in [2.45, 2.75) is 135 Å². The van der Waals surface area contributed by atoms with Crippen LogP contribution in [0.2, 0.25) is 0 Å². The van der Waals surface area contributed by atoms with Crippen molar-refractivity contribution in [2.75, 3.05) is 13.2 Å². The van der Waals surface area contributed by atoms with Crippen molar-refractivity contribution in [3.05, 3.63) is 57.6 Å². The summed E-state index contributed by atoms with van der Waals surface area (Å²) in [5, 5.41) is 42.8. The average Bonchev–Trinajstić information content (AvgIpc) is 3.73. The van der Waals surface area contributed by atoms with E-state index >= 15 is 0 Å². The van der Waals surface area contributed by atoms with Gasteiger partial charge in [0.15, 0.2) is 0 Å². The molecule has 1 fully saturated rings. The SMILES string of the molecule is CCCCCCCC(C)(C)c1cc(CCCO)cc(C(c2cc(CCCO)cc(C(C)(C)C)c2O)C2CC2)c1O. The van der Waals surface area contributed by atoms with Crippen molar-refractivity contribution in [3.63, 3.8) is 0 Å². The third-order valence-electron chi connectivity index (χ3n) is 8.85. The van der Waals surface area contributed by atoms with E-state index < -0.39 is 0 Å². The van der Waals surface area contributed by atoms with E-state index in [9.17, 15) is 20.4 Å². The highest BCUT2D eigenvalue weighted by Gasteiger charge is 2.39. The molecule has 0 saturated heterocycles. The molecule has 0 amide bonds. The first-order valence-corrected chi connectivity index (χ1v) is 15.9. The fourth-order valence-corrected chi connectivity index (χ4v) is 6.26. The molecule has 4 N–H and O–H groups in total. The molecule has 0 aliphatic heterocycles. The van der Waals surface area contributed by atoms with Crippen LogP contribution >= 0.6 is 0 Å². The zero-order chi connectivity index (χ0) is 29.5. The Balaban J connectivity index is 2.15. The monoisotopic (exact) mass is 552 g/mol. The maximum atomic E-state index is 12.0. The Hall–Kier alpha value is -2.04. The fourth-order valence-electron chi connectivity index (χ4n) is 6.26. The van der Waals surface area contributed by atoms with Gasteiger partial charge in [-0.3, -0.25) is 0 Å². The predicted molar refractivity (Wildman–Crippen MR) is 167 cm³/mol. The number of aliphatic hydroxyl groups excluding tert-OH is 2. The number of rotatable bonds is 16. The Bertz CT molecular complexity index is 1090. The van der Waals surface area contributed by atoms with Gasteiger partial charge in [-0.15, -0.1) is 0 Å². The number of phenolic OH excluding ortho intramolecular Hbond substituents is 2. The minimum Gasteiger partial charge on any atom is -0.507 e. The molecule has 40 heavy (non-hydrogen) atoms. The van der Waals surface area contributed by atoms with Gasteiger partial charge in [0.05, 0.1) is 0 Å². The normalized spacial score (nSPS) is 15.0. The molecule has 2 aromatic rings. The maximum absolute atomic E-state index is 12.0. The summed E-state index contributed by atoms with van der Waals surface area (Å²) in [6, 6.07) is 8.54. The lowest BCUT2D eigenvalue weighted by atomic mass is 9.74. The Labute approximate surface area is 243 Å². The number of hydrogen-bond acceptors (Lipinski definition) is 4. The van der Waals surface area contributed by atoms with Crippen LogP contribution in [-0.4, -0.2) is 33.6 Å². The zero-order valence-electron chi connectivity index (χ0n) is 26.2. The minimum atomic E-state index is -0.238. The number of unbranched alkanes of at least 4 members (excludes halogenated alkanes) is 4. The van der Waals surface area contributed by atoms with Gasteiger partial charge in [0.1, 0.15) is 11.5 Å². The van der Waals surface area contributed by atoms with Crippen molar-refractivity contribution >= 4 is 0 Å². The molecule has 2 aromatic carbocycles. The first-order chi connectivity index (χ1) is 18.9. The van der Waals surface area contributed by atoms with Crippen LogP contribution in [0, 0.1) is 5.92 Å². The second-order valence-corrected chi connectivity index (χ2v) is 13.9. The summed E-state index contributed by atoms with van der Waals surface area (Å²) >= 11 is 0. The third kappa shape index (κ3) is 8.26. The van der Waals surface area contributed by atoms with Gasteiger partial charge < -0.3 is 20.4 Å². The van der Waals surface area contributed by atoms with Crippen LogP contribution in [0.5, 0.6) is 11.5 Å². The van der Waals surface area contributed by atoms with Gasteiger partial charge in [-0.05, 0) is 78.4 Å². The van der Waals surface area contributed by atoms with E-state index in [2.05, 4.69) is 65.8 Å². The zero-order valence-corrected chi connectivity index (χ0v) is 26.2. The number of phenols is 2. The summed E-state index contributed by atoms with van der Waals surface area (Å²) in [5.74, 6) is 0.994. The number of aromatic hydroxyl groups is 2. The van der Waals surface area contributed by atoms with E-state index in [1.54, 1.807) is 0 Å². The lowest BCUT2D eigenvalue weighted by Crippen LogP contribution is -2.20. The van der Waals surface area contributed by atoms with E-state index in [4.69, 9.17) is 0 Å². The third-order valence-corrected chi connectivity index (χ3v) is 8.85. The van der Waals surface area contributed by atoms with Crippen LogP contribution in [0.3, 0.4) is 0 Å². The first-order valence-electron chi connectivity index (χ1n) is 15.9. The second kappa shape index (κ2) is 14.2. The fraction of sp³-hybridized carbons (Fsp3) is 0.667. The number of hydrogen-bond donors (Lipinski definition) is 4. The molecule has 0 spiro atoms. The molecule has 4 nitrogen and oxygen atoms in total. The highest BCUT2D eigenvalue weighted by atomic mass is 16.3. The molecule has 4 heteroatoms. The molecule has 0 aromatic heterocycles. The summed E-state index contributed by atoms with van der Waals surface area (Å²) in [5.41, 5.74) is 5.59. The van der Waals surface area contributed by atoms with Gasteiger partial charge in [-0.2, -0.15) is 0 Å². The van der Waals surface area contributed by atoms with Gasteiger partial charge in [-0.25, -0.2) is 0 Å². The van der Waals surface area contributed by atoms with E-state index in [0.29, 0.717) is 30.3 Å². The molecule has 1 unspecified atom stereocenters. The van der Waals surface area contributed by atoms with Crippen LogP contribution < -0.4 is 0 Å². The molecule has 1 aliphatic rings. The van der Waals surface area contributed by atoms with Crippen LogP contribution in [0.1, 0.15) is 145 Å². The Morgan fingerprint density at radius 2 is 1.20 bits per heavy atom. The summed E-state index contributed by atoms with van der Waals surface area (Å²) in [4.78, 5) is 0. The average molecular weight is 553 g/mol. The molecular weight excluding hydrogens is 496 g/mol. The van der Waals surface area contributed by atoms with E-state index in [0.717, 1.165) is 71.9 Å². The lowest BCUT2D eigenvalue weighted by molar-refractivity contribution is 0.288.